The highest BCUT2D eigenvalue weighted by Crippen LogP contribution is 2.37. The summed E-state index contributed by atoms with van der Waals surface area (Å²) in [6.07, 6.45) is 0.228. The van der Waals surface area contributed by atoms with Crippen LogP contribution in [0.25, 0.3) is 11.1 Å². The molecule has 0 spiro atoms. The highest BCUT2D eigenvalue weighted by molar-refractivity contribution is 6.76. The molecule has 3 atom stereocenters. The van der Waals surface area contributed by atoms with Gasteiger partial charge < -0.3 is 19.5 Å². The summed E-state index contributed by atoms with van der Waals surface area (Å²) >= 11 is 0. The first-order chi connectivity index (χ1) is 19.7. The molecule has 1 N–H and O–H groups in total. The number of hydrogen-bond donors (Lipinski definition) is 1. The van der Waals surface area contributed by atoms with Gasteiger partial charge in [0.05, 0.1) is 19.2 Å². The highest BCUT2D eigenvalue weighted by atomic mass is 28.3. The van der Waals surface area contributed by atoms with Gasteiger partial charge in [-0.05, 0) is 41.3 Å². The first-order valence-electron chi connectivity index (χ1n) is 14.7. The molecule has 1 aliphatic heterocycles. The van der Waals surface area contributed by atoms with Crippen molar-refractivity contribution < 1.29 is 22.7 Å². The van der Waals surface area contributed by atoms with E-state index in [2.05, 4.69) is 50.3 Å². The highest BCUT2D eigenvalue weighted by Gasteiger charge is 2.38. The lowest BCUT2D eigenvalue weighted by atomic mass is 9.84. The van der Waals surface area contributed by atoms with E-state index >= 15 is 4.39 Å². The van der Waals surface area contributed by atoms with Crippen molar-refractivity contribution in [3.8, 4) is 11.1 Å². The van der Waals surface area contributed by atoms with E-state index in [9.17, 15) is 13.6 Å². The van der Waals surface area contributed by atoms with Crippen molar-refractivity contribution in [2.24, 2.45) is 11.3 Å². The maximum absolute atomic E-state index is 15.2. The average molecular weight is 600 g/mol. The summed E-state index contributed by atoms with van der Waals surface area (Å²) in [5.74, 6) is -1.40. The minimum Gasteiger partial charge on any atom is -0.450 e. The number of carbonyl (C=O) groups is 1. The number of carbonyl (C=O) groups excluding carboxylic acids is 1. The molecule has 2 heterocycles. The predicted molar refractivity (Wildman–Crippen MR) is 165 cm³/mol. The standard InChI is InChI=1S/C33H44F3N3O2Si/c1-33(2,3)31(37-18-25-21-39(22-29(25)36)32(40)41-14-15-42(4,5)6)30-16-24(27-17-26(34)12-13-28(27)35)20-38(30)19-23-10-8-7-9-11-23/h7-13,16-17,20,25,29,31,37H,14-15,18-19,21-22H2,1-6H3/t25?,29-,31-/m0/s1. The van der Waals surface area contributed by atoms with Crippen LogP contribution in [0.2, 0.25) is 25.7 Å². The third kappa shape index (κ3) is 8.28. The van der Waals surface area contributed by atoms with Crippen LogP contribution in [-0.4, -0.2) is 56.0 Å². The number of alkyl halides is 1. The summed E-state index contributed by atoms with van der Waals surface area (Å²) in [6.45, 7) is 14.5. The van der Waals surface area contributed by atoms with Crippen LogP contribution in [0.4, 0.5) is 18.0 Å². The van der Waals surface area contributed by atoms with Gasteiger partial charge in [0.1, 0.15) is 17.8 Å². The zero-order valence-corrected chi connectivity index (χ0v) is 26.6. The maximum Gasteiger partial charge on any atom is 0.409 e. The molecule has 4 rings (SSSR count). The summed E-state index contributed by atoms with van der Waals surface area (Å²) in [5.41, 5.74) is 2.42. The predicted octanol–water partition coefficient (Wildman–Crippen LogP) is 7.90. The molecule has 42 heavy (non-hydrogen) atoms. The molecule has 3 aromatic rings. The second-order valence-corrected chi connectivity index (χ2v) is 19.3. The SMILES string of the molecule is CC(C)(C)[C@@H](NCC1CN(C(=O)OCC[Si](C)(C)C)C[C@@H]1F)c1cc(-c2cc(F)ccc2F)cn1Cc1ccccc1. The van der Waals surface area contributed by atoms with E-state index in [1.165, 1.54) is 11.0 Å². The fourth-order valence-electron chi connectivity index (χ4n) is 5.39. The van der Waals surface area contributed by atoms with Gasteiger partial charge in [-0.3, -0.25) is 0 Å². The second-order valence-electron chi connectivity index (χ2n) is 13.7. The molecule has 9 heteroatoms. The van der Waals surface area contributed by atoms with E-state index in [4.69, 9.17) is 4.74 Å². The number of amides is 1. The van der Waals surface area contributed by atoms with E-state index in [0.29, 0.717) is 25.3 Å². The van der Waals surface area contributed by atoms with Gasteiger partial charge in [-0.15, -0.1) is 0 Å². The van der Waals surface area contributed by atoms with Gasteiger partial charge in [-0.1, -0.05) is 70.7 Å². The van der Waals surface area contributed by atoms with Crippen LogP contribution in [0.15, 0.2) is 60.8 Å². The van der Waals surface area contributed by atoms with Crippen LogP contribution < -0.4 is 5.32 Å². The van der Waals surface area contributed by atoms with E-state index < -0.39 is 37.9 Å². The molecule has 0 bridgehead atoms. The number of nitrogens with zero attached hydrogens (tertiary/aromatic N) is 2. The van der Waals surface area contributed by atoms with Crippen molar-refractivity contribution in [3.63, 3.8) is 0 Å². The Morgan fingerprint density at radius 3 is 2.45 bits per heavy atom. The Balaban J connectivity index is 1.55. The zero-order valence-electron chi connectivity index (χ0n) is 25.6. The topological polar surface area (TPSA) is 46.5 Å². The van der Waals surface area contributed by atoms with E-state index in [0.717, 1.165) is 29.4 Å². The van der Waals surface area contributed by atoms with Crippen LogP contribution in [0.1, 0.15) is 38.1 Å². The fraction of sp³-hybridized carbons (Fsp3) is 0.485. The minimum absolute atomic E-state index is 0.0195. The van der Waals surface area contributed by atoms with Crippen LogP contribution in [-0.2, 0) is 11.3 Å². The number of likely N-dealkylation sites (tertiary alicyclic amines) is 1. The molecule has 0 aliphatic carbocycles. The Morgan fingerprint density at radius 2 is 1.79 bits per heavy atom. The van der Waals surface area contributed by atoms with Crippen molar-refractivity contribution in [2.75, 3.05) is 26.2 Å². The Bertz CT molecular complexity index is 1350. The molecule has 1 fully saturated rings. The van der Waals surface area contributed by atoms with Crippen LogP contribution in [0, 0.1) is 23.0 Å². The summed E-state index contributed by atoms with van der Waals surface area (Å²) in [4.78, 5) is 14.1. The molecule has 228 valence electrons. The Kier molecular flexibility index (Phi) is 9.93. The van der Waals surface area contributed by atoms with Crippen LogP contribution in [0.3, 0.4) is 0 Å². The first-order valence-corrected chi connectivity index (χ1v) is 18.4. The molecular weight excluding hydrogens is 555 g/mol. The lowest BCUT2D eigenvalue weighted by molar-refractivity contribution is 0.112. The van der Waals surface area contributed by atoms with Gasteiger partial charge in [0.2, 0.25) is 0 Å². The van der Waals surface area contributed by atoms with Crippen molar-refractivity contribution >= 4 is 14.2 Å². The molecule has 2 aromatic carbocycles. The van der Waals surface area contributed by atoms with Gasteiger partial charge in [-0.2, -0.15) is 0 Å². The molecule has 5 nitrogen and oxygen atoms in total. The summed E-state index contributed by atoms with van der Waals surface area (Å²) in [5, 5.41) is 3.59. The Hall–Kier alpha value is -3.04. The third-order valence-electron chi connectivity index (χ3n) is 7.81. The molecule has 1 unspecified atom stereocenters. The van der Waals surface area contributed by atoms with Gasteiger partial charge in [0.15, 0.2) is 0 Å². The Morgan fingerprint density at radius 1 is 1.07 bits per heavy atom. The number of benzene rings is 2. The third-order valence-corrected chi connectivity index (χ3v) is 9.51. The Labute approximate surface area is 249 Å². The molecule has 1 saturated heterocycles. The van der Waals surface area contributed by atoms with Gasteiger partial charge in [0.25, 0.3) is 0 Å². The molecular formula is C33H44F3N3O2Si. The lowest BCUT2D eigenvalue weighted by Crippen LogP contribution is -2.39. The summed E-state index contributed by atoms with van der Waals surface area (Å²) in [7, 11) is -1.34. The molecule has 1 aromatic heterocycles. The maximum atomic E-state index is 15.2. The van der Waals surface area contributed by atoms with Crippen LogP contribution >= 0.6 is 0 Å². The second kappa shape index (κ2) is 13.1. The fourth-order valence-corrected chi connectivity index (χ4v) is 6.10. The summed E-state index contributed by atoms with van der Waals surface area (Å²) < 4.78 is 51.6. The first kappa shape index (κ1) is 31.9. The molecule has 1 amide bonds. The largest absolute Gasteiger partial charge is 0.450 e. The van der Waals surface area contributed by atoms with Crippen molar-refractivity contribution in [3.05, 3.63) is 83.7 Å². The summed E-state index contributed by atoms with van der Waals surface area (Å²) in [6, 6.07) is 15.9. The van der Waals surface area contributed by atoms with Crippen LogP contribution in [0.5, 0.6) is 0 Å². The van der Waals surface area contributed by atoms with E-state index in [1.807, 2.05) is 42.6 Å². The van der Waals surface area contributed by atoms with Crippen molar-refractivity contribution in [1.82, 2.24) is 14.8 Å². The number of hydrogen-bond acceptors (Lipinski definition) is 3. The van der Waals surface area contributed by atoms with E-state index in [-0.39, 0.29) is 30.1 Å². The number of aromatic nitrogens is 1. The molecule has 1 aliphatic rings. The number of nitrogens with one attached hydrogen (secondary N) is 1. The smallest absolute Gasteiger partial charge is 0.409 e. The molecule has 0 saturated carbocycles. The number of ether oxygens (including phenoxy) is 1. The van der Waals surface area contributed by atoms with Crippen molar-refractivity contribution in [1.29, 1.82) is 0 Å². The normalized spacial score (nSPS) is 18.4. The number of rotatable bonds is 10. The monoisotopic (exact) mass is 599 g/mol. The average Bonchev–Trinajstić information content (AvgIpc) is 3.48. The minimum atomic E-state index is -1.34. The zero-order chi connectivity index (χ0) is 30.7. The van der Waals surface area contributed by atoms with Gasteiger partial charge in [-0.25, -0.2) is 18.0 Å². The van der Waals surface area contributed by atoms with Gasteiger partial charge in [0, 0.05) is 56.6 Å². The quantitative estimate of drug-likeness (QED) is 0.241. The number of halogens is 3. The van der Waals surface area contributed by atoms with E-state index in [1.54, 1.807) is 0 Å². The van der Waals surface area contributed by atoms with Gasteiger partial charge >= 0.3 is 6.09 Å². The molecule has 0 radical (unpaired) electrons. The van der Waals surface area contributed by atoms with Crippen molar-refractivity contribution in [2.45, 2.75) is 65.2 Å². The lowest BCUT2D eigenvalue weighted by Gasteiger charge is -2.34.